The number of hydrogen-bond acceptors (Lipinski definition) is 7. The van der Waals surface area contributed by atoms with Crippen LogP contribution in [0.4, 0.5) is 20.2 Å². The minimum Gasteiger partial charge on any atom is -0.385 e. The number of hydrogen-bond donors (Lipinski definition) is 2. The Morgan fingerprint density at radius 2 is 1.88 bits per heavy atom. The second-order valence-corrected chi connectivity index (χ2v) is 8.65. The summed E-state index contributed by atoms with van der Waals surface area (Å²) in [6, 6.07) is 8.34. The fraction of sp³-hybridized carbons (Fsp3) is 0.250. The molecule has 0 bridgehead atoms. The Morgan fingerprint density at radius 3 is 2.61 bits per heavy atom. The Kier molecular flexibility index (Phi) is 8.03. The van der Waals surface area contributed by atoms with Gasteiger partial charge in [0.2, 0.25) is 10.0 Å². The largest absolute Gasteiger partial charge is 0.385 e. The first kappa shape index (κ1) is 24.2. The quantitative estimate of drug-likeness (QED) is 0.435. The summed E-state index contributed by atoms with van der Waals surface area (Å²) in [4.78, 5) is 28.4. The summed E-state index contributed by atoms with van der Waals surface area (Å²) in [6.45, 7) is 0.530. The minimum absolute atomic E-state index is 0.0193. The molecule has 1 saturated heterocycles. The lowest BCUT2D eigenvalue weighted by molar-refractivity contribution is -0.120. The van der Waals surface area contributed by atoms with Crippen molar-refractivity contribution in [1.29, 1.82) is 0 Å². The van der Waals surface area contributed by atoms with Crippen LogP contribution in [-0.4, -0.2) is 63.7 Å². The minimum atomic E-state index is -3.73. The number of halogens is 2. The zero-order chi connectivity index (χ0) is 23.8. The van der Waals surface area contributed by atoms with Crippen LogP contribution in [0.3, 0.4) is 0 Å². The molecule has 176 valence electrons. The third-order valence-electron chi connectivity index (χ3n) is 4.35. The second kappa shape index (κ2) is 10.9. The number of ether oxygens (including phenoxy) is 1. The molecule has 2 aromatic rings. The maximum absolute atomic E-state index is 13.5. The van der Waals surface area contributed by atoms with Gasteiger partial charge in [-0.1, -0.05) is 11.2 Å². The summed E-state index contributed by atoms with van der Waals surface area (Å²) in [5.74, 6) is -3.27. The number of carbonyl (C=O) groups is 2. The fourth-order valence-corrected chi connectivity index (χ4v) is 4.26. The number of nitrogens with zero attached hydrogens (tertiary/aromatic N) is 2. The predicted molar refractivity (Wildman–Crippen MR) is 114 cm³/mol. The SMILES string of the molecule is O=C(/C=N/OCC(=O)Nc1cccc(S(=O)(=O)N2CCOCC2)c1)Nc1ccc(F)cc1F. The molecule has 0 unspecified atom stereocenters. The number of amides is 2. The number of benzene rings is 2. The maximum atomic E-state index is 13.5. The average molecular weight is 482 g/mol. The van der Waals surface area contributed by atoms with E-state index in [2.05, 4.69) is 15.8 Å². The fourth-order valence-electron chi connectivity index (χ4n) is 2.80. The standard InChI is InChI=1S/C20H20F2N4O6S/c21-14-4-5-18(17(22)10-14)25-19(27)12-23-32-13-20(28)24-15-2-1-3-16(11-15)33(29,30)26-6-8-31-9-7-26/h1-5,10-12H,6-9,13H2,(H,24,28)(H,25,27)/b23-12+. The average Bonchev–Trinajstić information content (AvgIpc) is 2.79. The van der Waals surface area contributed by atoms with Gasteiger partial charge in [0.15, 0.2) is 6.61 Å². The van der Waals surface area contributed by atoms with E-state index in [1.165, 1.54) is 28.6 Å². The first-order valence-corrected chi connectivity index (χ1v) is 11.1. The van der Waals surface area contributed by atoms with Crippen molar-refractivity contribution >= 4 is 39.4 Å². The van der Waals surface area contributed by atoms with Gasteiger partial charge in [0.05, 0.1) is 23.8 Å². The van der Waals surface area contributed by atoms with Crippen molar-refractivity contribution in [3.63, 3.8) is 0 Å². The molecule has 2 aromatic carbocycles. The summed E-state index contributed by atoms with van der Waals surface area (Å²) in [7, 11) is -3.73. The van der Waals surface area contributed by atoms with E-state index >= 15 is 0 Å². The lowest BCUT2D eigenvalue weighted by Gasteiger charge is -2.26. The van der Waals surface area contributed by atoms with E-state index in [1.807, 2.05) is 0 Å². The number of oxime groups is 1. The molecule has 1 heterocycles. The molecule has 2 amide bonds. The molecule has 33 heavy (non-hydrogen) atoms. The summed E-state index contributed by atoms with van der Waals surface area (Å²) in [6.07, 6.45) is 0.672. The highest BCUT2D eigenvalue weighted by Gasteiger charge is 2.26. The van der Waals surface area contributed by atoms with Gasteiger partial charge in [-0.2, -0.15) is 4.31 Å². The van der Waals surface area contributed by atoms with Gasteiger partial charge in [-0.25, -0.2) is 17.2 Å². The molecule has 1 aliphatic rings. The molecule has 0 aromatic heterocycles. The van der Waals surface area contributed by atoms with Crippen molar-refractivity contribution in [2.24, 2.45) is 5.16 Å². The molecule has 0 spiro atoms. The molecule has 2 N–H and O–H groups in total. The smallest absolute Gasteiger partial charge is 0.270 e. The third kappa shape index (κ3) is 6.78. The molecule has 1 fully saturated rings. The summed E-state index contributed by atoms with van der Waals surface area (Å²) >= 11 is 0. The Hall–Kier alpha value is -3.42. The van der Waals surface area contributed by atoms with Crippen molar-refractivity contribution in [2.75, 3.05) is 43.5 Å². The molecule has 0 aliphatic carbocycles. The molecule has 10 nitrogen and oxygen atoms in total. The number of anilines is 2. The Morgan fingerprint density at radius 1 is 1.12 bits per heavy atom. The van der Waals surface area contributed by atoms with Crippen molar-refractivity contribution in [3.05, 3.63) is 54.1 Å². The van der Waals surface area contributed by atoms with Crippen LogP contribution in [0.25, 0.3) is 0 Å². The van der Waals surface area contributed by atoms with Crippen LogP contribution in [-0.2, 0) is 29.2 Å². The summed E-state index contributed by atoms with van der Waals surface area (Å²) in [5.41, 5.74) is -0.0241. The van der Waals surface area contributed by atoms with Gasteiger partial charge in [0.1, 0.15) is 17.8 Å². The van der Waals surface area contributed by atoms with E-state index in [9.17, 15) is 26.8 Å². The van der Waals surface area contributed by atoms with E-state index in [-0.39, 0.29) is 29.4 Å². The maximum Gasteiger partial charge on any atom is 0.270 e. The summed E-state index contributed by atoms with van der Waals surface area (Å²) in [5, 5.41) is 7.91. The van der Waals surface area contributed by atoms with Gasteiger partial charge in [0.25, 0.3) is 11.8 Å². The number of nitrogens with one attached hydrogen (secondary N) is 2. The molecule has 1 aliphatic heterocycles. The highest BCUT2D eigenvalue weighted by Crippen LogP contribution is 2.20. The van der Waals surface area contributed by atoms with Crippen LogP contribution in [0.1, 0.15) is 0 Å². The lowest BCUT2D eigenvalue weighted by atomic mass is 10.3. The van der Waals surface area contributed by atoms with Gasteiger partial charge < -0.3 is 20.2 Å². The van der Waals surface area contributed by atoms with Crippen molar-refractivity contribution < 1.29 is 36.4 Å². The van der Waals surface area contributed by atoms with E-state index < -0.39 is 40.1 Å². The number of morpholine rings is 1. The monoisotopic (exact) mass is 482 g/mol. The van der Waals surface area contributed by atoms with E-state index in [0.29, 0.717) is 25.5 Å². The van der Waals surface area contributed by atoms with Gasteiger partial charge in [-0.3, -0.25) is 9.59 Å². The van der Waals surface area contributed by atoms with Crippen LogP contribution >= 0.6 is 0 Å². The van der Waals surface area contributed by atoms with Crippen molar-refractivity contribution in [1.82, 2.24) is 4.31 Å². The van der Waals surface area contributed by atoms with E-state index in [0.717, 1.165) is 12.1 Å². The lowest BCUT2D eigenvalue weighted by Crippen LogP contribution is -2.40. The molecule has 3 rings (SSSR count). The van der Waals surface area contributed by atoms with Crippen LogP contribution in [0.5, 0.6) is 0 Å². The number of carbonyl (C=O) groups excluding carboxylic acids is 2. The highest BCUT2D eigenvalue weighted by atomic mass is 32.2. The topological polar surface area (TPSA) is 126 Å². The molecule has 0 atom stereocenters. The van der Waals surface area contributed by atoms with Crippen LogP contribution < -0.4 is 10.6 Å². The number of sulfonamides is 1. The van der Waals surface area contributed by atoms with E-state index in [1.54, 1.807) is 0 Å². The Bertz CT molecular complexity index is 1150. The first-order valence-electron chi connectivity index (χ1n) is 9.65. The van der Waals surface area contributed by atoms with Crippen LogP contribution in [0.15, 0.2) is 52.5 Å². The molecular weight excluding hydrogens is 462 g/mol. The van der Waals surface area contributed by atoms with Gasteiger partial charge in [0, 0.05) is 24.8 Å². The molecule has 0 radical (unpaired) electrons. The Labute approximate surface area is 188 Å². The third-order valence-corrected chi connectivity index (χ3v) is 6.25. The van der Waals surface area contributed by atoms with Crippen molar-refractivity contribution in [2.45, 2.75) is 4.90 Å². The molecular formula is C20H20F2N4O6S. The Balaban J connectivity index is 1.49. The number of rotatable bonds is 8. The van der Waals surface area contributed by atoms with Gasteiger partial charge in [-0.15, -0.1) is 0 Å². The molecule has 13 heteroatoms. The molecule has 0 saturated carbocycles. The van der Waals surface area contributed by atoms with E-state index in [4.69, 9.17) is 9.57 Å². The van der Waals surface area contributed by atoms with Crippen molar-refractivity contribution in [3.8, 4) is 0 Å². The van der Waals surface area contributed by atoms with Gasteiger partial charge in [-0.05, 0) is 30.3 Å². The predicted octanol–water partition coefficient (Wildman–Crippen LogP) is 1.57. The highest BCUT2D eigenvalue weighted by molar-refractivity contribution is 7.89. The zero-order valence-corrected chi connectivity index (χ0v) is 18.0. The van der Waals surface area contributed by atoms with Gasteiger partial charge >= 0.3 is 0 Å². The zero-order valence-electron chi connectivity index (χ0n) is 17.2. The normalized spacial score (nSPS) is 14.7. The summed E-state index contributed by atoms with van der Waals surface area (Å²) < 4.78 is 58.2. The second-order valence-electron chi connectivity index (χ2n) is 6.71. The first-order chi connectivity index (χ1) is 15.8. The van der Waals surface area contributed by atoms with Crippen LogP contribution in [0.2, 0.25) is 0 Å². The van der Waals surface area contributed by atoms with Crippen LogP contribution in [0, 0.1) is 11.6 Å².